The van der Waals surface area contributed by atoms with E-state index >= 15 is 0 Å². The van der Waals surface area contributed by atoms with E-state index in [1.54, 1.807) is 11.3 Å². The van der Waals surface area contributed by atoms with Gasteiger partial charge in [0.2, 0.25) is 0 Å². The Morgan fingerprint density at radius 2 is 2.00 bits per heavy atom. The van der Waals surface area contributed by atoms with E-state index in [1.807, 2.05) is 12.1 Å². The molecule has 0 aliphatic heterocycles. The highest BCUT2D eigenvalue weighted by Crippen LogP contribution is 2.31. The SMILES string of the molecule is Nc1cc(CN(Cc2ccsc2)C2CC2)ccc1Cl. The van der Waals surface area contributed by atoms with Crippen LogP contribution in [0.15, 0.2) is 35.0 Å². The highest BCUT2D eigenvalue weighted by Gasteiger charge is 2.29. The van der Waals surface area contributed by atoms with Crippen molar-refractivity contribution in [3.8, 4) is 0 Å². The lowest BCUT2D eigenvalue weighted by molar-refractivity contribution is 0.246. The van der Waals surface area contributed by atoms with Gasteiger partial charge in [-0.1, -0.05) is 17.7 Å². The molecule has 0 atom stereocenters. The van der Waals surface area contributed by atoms with Crippen molar-refractivity contribution in [3.63, 3.8) is 0 Å². The zero-order valence-corrected chi connectivity index (χ0v) is 12.3. The van der Waals surface area contributed by atoms with Gasteiger partial charge in [0.1, 0.15) is 0 Å². The molecule has 0 radical (unpaired) electrons. The van der Waals surface area contributed by atoms with E-state index in [2.05, 4.69) is 27.8 Å². The molecule has 2 N–H and O–H groups in total. The van der Waals surface area contributed by atoms with Gasteiger partial charge in [-0.25, -0.2) is 0 Å². The number of hydrogen-bond acceptors (Lipinski definition) is 3. The predicted octanol–water partition coefficient (Wildman–Crippen LogP) is 4.15. The molecule has 19 heavy (non-hydrogen) atoms. The molecule has 1 aliphatic carbocycles. The van der Waals surface area contributed by atoms with E-state index in [0.717, 1.165) is 19.1 Å². The maximum atomic E-state index is 5.97. The van der Waals surface area contributed by atoms with Gasteiger partial charge >= 0.3 is 0 Å². The summed E-state index contributed by atoms with van der Waals surface area (Å²) in [5, 5.41) is 5.01. The molecule has 1 aromatic heterocycles. The third kappa shape index (κ3) is 3.30. The minimum atomic E-state index is 0.638. The van der Waals surface area contributed by atoms with E-state index in [-0.39, 0.29) is 0 Å². The first-order chi connectivity index (χ1) is 9.22. The predicted molar refractivity (Wildman–Crippen MR) is 82.5 cm³/mol. The molecule has 0 saturated heterocycles. The van der Waals surface area contributed by atoms with Crippen molar-refractivity contribution in [3.05, 3.63) is 51.2 Å². The van der Waals surface area contributed by atoms with E-state index < -0.39 is 0 Å². The van der Waals surface area contributed by atoms with Crippen molar-refractivity contribution in [2.45, 2.75) is 32.0 Å². The molecular formula is C15H17ClN2S. The smallest absolute Gasteiger partial charge is 0.0635 e. The Bertz CT molecular complexity index is 549. The summed E-state index contributed by atoms with van der Waals surface area (Å²) in [4.78, 5) is 2.53. The molecule has 2 aromatic rings. The van der Waals surface area contributed by atoms with E-state index in [9.17, 15) is 0 Å². The Kier molecular flexibility index (Phi) is 3.78. The van der Waals surface area contributed by atoms with Crippen LogP contribution in [0.1, 0.15) is 24.0 Å². The summed E-state index contributed by atoms with van der Waals surface area (Å²) in [6, 6.07) is 8.89. The maximum Gasteiger partial charge on any atom is 0.0635 e. The second-order valence-electron chi connectivity index (χ2n) is 5.12. The van der Waals surface area contributed by atoms with E-state index in [1.165, 1.54) is 24.0 Å². The van der Waals surface area contributed by atoms with Crippen LogP contribution in [0.5, 0.6) is 0 Å². The Balaban J connectivity index is 1.72. The molecule has 2 nitrogen and oxygen atoms in total. The summed E-state index contributed by atoms with van der Waals surface area (Å²) in [5.74, 6) is 0. The molecule has 1 saturated carbocycles. The average molecular weight is 293 g/mol. The Morgan fingerprint density at radius 3 is 2.63 bits per heavy atom. The minimum absolute atomic E-state index is 0.638. The number of rotatable bonds is 5. The first kappa shape index (κ1) is 13.0. The molecular weight excluding hydrogens is 276 g/mol. The zero-order valence-electron chi connectivity index (χ0n) is 10.7. The molecule has 4 heteroatoms. The number of hydrogen-bond donors (Lipinski definition) is 1. The first-order valence-corrected chi connectivity index (χ1v) is 7.83. The summed E-state index contributed by atoms with van der Waals surface area (Å²) in [5.41, 5.74) is 9.19. The van der Waals surface area contributed by atoms with Crippen LogP contribution in [0.2, 0.25) is 5.02 Å². The first-order valence-electron chi connectivity index (χ1n) is 6.51. The Labute approximate surface area is 122 Å². The van der Waals surface area contributed by atoms with E-state index in [0.29, 0.717) is 10.7 Å². The van der Waals surface area contributed by atoms with Gasteiger partial charge in [0.15, 0.2) is 0 Å². The number of benzene rings is 1. The number of anilines is 1. The van der Waals surface area contributed by atoms with Crippen molar-refractivity contribution in [1.29, 1.82) is 0 Å². The Hall–Kier alpha value is -1.03. The van der Waals surface area contributed by atoms with Crippen LogP contribution in [-0.4, -0.2) is 10.9 Å². The van der Waals surface area contributed by atoms with Gasteiger partial charge in [0.05, 0.1) is 10.7 Å². The second-order valence-corrected chi connectivity index (χ2v) is 6.31. The fourth-order valence-electron chi connectivity index (χ4n) is 2.30. The Morgan fingerprint density at radius 1 is 1.21 bits per heavy atom. The normalized spacial score (nSPS) is 15.1. The van der Waals surface area contributed by atoms with Crippen LogP contribution in [-0.2, 0) is 13.1 Å². The lowest BCUT2D eigenvalue weighted by atomic mass is 10.1. The average Bonchev–Trinajstić information content (AvgIpc) is 3.12. The summed E-state index contributed by atoms with van der Waals surface area (Å²) < 4.78 is 0. The molecule has 1 aromatic carbocycles. The molecule has 0 spiro atoms. The molecule has 100 valence electrons. The second kappa shape index (κ2) is 5.53. The fraction of sp³-hybridized carbons (Fsp3) is 0.333. The van der Waals surface area contributed by atoms with Gasteiger partial charge in [0, 0.05) is 19.1 Å². The van der Waals surface area contributed by atoms with Crippen molar-refractivity contribution < 1.29 is 0 Å². The van der Waals surface area contributed by atoms with E-state index in [4.69, 9.17) is 17.3 Å². The topological polar surface area (TPSA) is 29.3 Å². The third-order valence-electron chi connectivity index (χ3n) is 3.48. The van der Waals surface area contributed by atoms with Gasteiger partial charge < -0.3 is 5.73 Å². The molecule has 3 rings (SSSR count). The standard InChI is InChI=1S/C15H17ClN2S/c16-14-4-1-11(7-15(14)17)8-18(13-2-3-13)9-12-5-6-19-10-12/h1,4-7,10,13H,2-3,8-9,17H2. The minimum Gasteiger partial charge on any atom is -0.398 e. The summed E-state index contributed by atoms with van der Waals surface area (Å²) >= 11 is 7.73. The number of halogens is 1. The van der Waals surface area contributed by atoms with Gasteiger partial charge in [0.25, 0.3) is 0 Å². The molecule has 0 amide bonds. The van der Waals surface area contributed by atoms with Gasteiger partial charge in [-0.2, -0.15) is 11.3 Å². The monoisotopic (exact) mass is 292 g/mol. The lowest BCUT2D eigenvalue weighted by Crippen LogP contribution is -2.24. The number of nitrogens with two attached hydrogens (primary N) is 1. The molecule has 1 aliphatic rings. The number of nitrogen functional groups attached to an aromatic ring is 1. The van der Waals surface area contributed by atoms with Crippen molar-refractivity contribution in [1.82, 2.24) is 4.90 Å². The summed E-state index contributed by atoms with van der Waals surface area (Å²) in [7, 11) is 0. The zero-order chi connectivity index (χ0) is 13.2. The largest absolute Gasteiger partial charge is 0.398 e. The van der Waals surface area contributed by atoms with Crippen LogP contribution >= 0.6 is 22.9 Å². The van der Waals surface area contributed by atoms with Crippen molar-refractivity contribution >= 4 is 28.6 Å². The number of nitrogens with zero attached hydrogens (tertiary/aromatic N) is 1. The molecule has 1 fully saturated rings. The van der Waals surface area contributed by atoms with Gasteiger partial charge in [-0.05, 0) is 52.9 Å². The van der Waals surface area contributed by atoms with Crippen LogP contribution in [0.4, 0.5) is 5.69 Å². The highest BCUT2D eigenvalue weighted by molar-refractivity contribution is 7.07. The fourth-order valence-corrected chi connectivity index (χ4v) is 3.07. The van der Waals surface area contributed by atoms with Crippen LogP contribution in [0.3, 0.4) is 0 Å². The molecule has 1 heterocycles. The number of thiophene rings is 1. The third-order valence-corrected chi connectivity index (χ3v) is 4.55. The summed E-state index contributed by atoms with van der Waals surface area (Å²) in [6.45, 7) is 1.97. The van der Waals surface area contributed by atoms with Crippen LogP contribution in [0, 0.1) is 0 Å². The molecule has 0 unspecified atom stereocenters. The summed E-state index contributed by atoms with van der Waals surface area (Å²) in [6.07, 6.45) is 2.63. The van der Waals surface area contributed by atoms with Crippen molar-refractivity contribution in [2.75, 3.05) is 5.73 Å². The quantitative estimate of drug-likeness (QED) is 0.839. The van der Waals surface area contributed by atoms with Crippen molar-refractivity contribution in [2.24, 2.45) is 0 Å². The molecule has 0 bridgehead atoms. The van der Waals surface area contributed by atoms with Crippen LogP contribution < -0.4 is 5.73 Å². The lowest BCUT2D eigenvalue weighted by Gasteiger charge is -2.22. The van der Waals surface area contributed by atoms with Gasteiger partial charge in [-0.3, -0.25) is 4.90 Å². The highest BCUT2D eigenvalue weighted by atomic mass is 35.5. The van der Waals surface area contributed by atoms with Crippen LogP contribution in [0.25, 0.3) is 0 Å². The maximum absolute atomic E-state index is 5.97. The van der Waals surface area contributed by atoms with Gasteiger partial charge in [-0.15, -0.1) is 0 Å².